The van der Waals surface area contributed by atoms with Crippen LogP contribution in [0.25, 0.3) is 10.9 Å². The third-order valence-corrected chi connectivity index (χ3v) is 3.73. The van der Waals surface area contributed by atoms with E-state index in [1.807, 2.05) is 6.07 Å². The second-order valence-electron chi connectivity index (χ2n) is 4.96. The van der Waals surface area contributed by atoms with Gasteiger partial charge in [0, 0.05) is 17.1 Å². The maximum atomic E-state index is 11.5. The summed E-state index contributed by atoms with van der Waals surface area (Å²) in [5, 5.41) is 30.2. The molecule has 21 heavy (non-hydrogen) atoms. The van der Waals surface area contributed by atoms with E-state index in [1.165, 1.54) is 18.2 Å². The highest BCUT2D eigenvalue weighted by Crippen LogP contribution is 2.39. The zero-order valence-corrected chi connectivity index (χ0v) is 10.9. The number of carboxylic acids is 1. The van der Waals surface area contributed by atoms with Gasteiger partial charge in [0.25, 0.3) is 0 Å². The zero-order chi connectivity index (χ0) is 15.0. The third-order valence-electron chi connectivity index (χ3n) is 3.73. The lowest BCUT2D eigenvalue weighted by Crippen LogP contribution is -2.38. The van der Waals surface area contributed by atoms with Gasteiger partial charge in [-0.2, -0.15) is 5.26 Å². The average Bonchev–Trinajstić information content (AvgIpc) is 2.94. The molecule has 0 radical (unpaired) electrons. The summed E-state index contributed by atoms with van der Waals surface area (Å²) in [5.74, 6) is -2.22. The van der Waals surface area contributed by atoms with E-state index in [2.05, 4.69) is 4.98 Å². The Morgan fingerprint density at radius 3 is 2.90 bits per heavy atom. The topological polar surface area (TPSA) is 97.1 Å². The molecule has 1 heterocycles. The summed E-state index contributed by atoms with van der Waals surface area (Å²) in [6.07, 6.45) is 7.79. The number of aromatic nitrogens is 1. The maximum Gasteiger partial charge on any atom is 0.314 e. The highest BCUT2D eigenvalue weighted by molar-refractivity contribution is 5.87. The molecule has 1 aromatic heterocycles. The molecule has 0 saturated heterocycles. The number of hydrogen-bond acceptors (Lipinski definition) is 3. The normalized spacial score (nSPS) is 24.1. The average molecular weight is 280 g/mol. The van der Waals surface area contributed by atoms with E-state index in [0.29, 0.717) is 22.0 Å². The number of aliphatic carboxylic acids is 1. The van der Waals surface area contributed by atoms with Crippen molar-refractivity contribution in [3.05, 3.63) is 59.8 Å². The summed E-state index contributed by atoms with van der Waals surface area (Å²) >= 11 is 0. The fourth-order valence-corrected chi connectivity index (χ4v) is 2.72. The Morgan fingerprint density at radius 2 is 2.19 bits per heavy atom. The van der Waals surface area contributed by atoms with Crippen molar-refractivity contribution >= 4 is 16.9 Å². The maximum absolute atomic E-state index is 11.5. The molecule has 2 atom stereocenters. The molecule has 0 spiro atoms. The Kier molecular flexibility index (Phi) is 2.89. The number of hydrogen-bond donors (Lipinski definition) is 3. The lowest BCUT2D eigenvalue weighted by atomic mass is 9.77. The largest absolute Gasteiger partial charge is 0.481 e. The van der Waals surface area contributed by atoms with E-state index in [9.17, 15) is 15.0 Å². The SMILES string of the molecule is N#Cc1cc(C2(O)C=CC=CC2C(=O)O)c2cc[nH]c2c1. The lowest BCUT2D eigenvalue weighted by molar-refractivity contribution is -0.146. The summed E-state index contributed by atoms with van der Waals surface area (Å²) < 4.78 is 0. The minimum Gasteiger partial charge on any atom is -0.481 e. The number of benzene rings is 1. The van der Waals surface area contributed by atoms with Crippen molar-refractivity contribution in [1.82, 2.24) is 4.98 Å². The van der Waals surface area contributed by atoms with E-state index < -0.39 is 17.5 Å². The van der Waals surface area contributed by atoms with Crippen LogP contribution in [0.15, 0.2) is 48.7 Å². The number of carboxylic acid groups (broad SMARTS) is 1. The van der Waals surface area contributed by atoms with Crippen LogP contribution < -0.4 is 0 Å². The molecule has 0 aliphatic heterocycles. The van der Waals surface area contributed by atoms with Gasteiger partial charge >= 0.3 is 5.97 Å². The van der Waals surface area contributed by atoms with Crippen LogP contribution in [-0.4, -0.2) is 21.2 Å². The molecule has 5 nitrogen and oxygen atoms in total. The molecule has 1 aliphatic carbocycles. The minimum atomic E-state index is -1.69. The summed E-state index contributed by atoms with van der Waals surface area (Å²) in [7, 11) is 0. The molecule has 2 unspecified atom stereocenters. The molecular weight excluding hydrogens is 268 g/mol. The van der Waals surface area contributed by atoms with Gasteiger partial charge in [-0.05, 0) is 29.8 Å². The summed E-state index contributed by atoms with van der Waals surface area (Å²) in [4.78, 5) is 14.4. The number of nitriles is 1. The smallest absolute Gasteiger partial charge is 0.314 e. The number of nitrogens with one attached hydrogen (secondary N) is 1. The fraction of sp³-hybridized carbons (Fsp3) is 0.125. The fourth-order valence-electron chi connectivity index (χ4n) is 2.72. The summed E-state index contributed by atoms with van der Waals surface area (Å²) in [6, 6.07) is 6.99. The first kappa shape index (κ1) is 13.2. The molecule has 0 amide bonds. The number of H-pyrrole nitrogens is 1. The second-order valence-corrected chi connectivity index (χ2v) is 4.96. The molecular formula is C16H12N2O3. The van der Waals surface area contributed by atoms with Gasteiger partial charge in [0.1, 0.15) is 11.5 Å². The predicted octanol–water partition coefficient (Wildman–Crippen LogP) is 2.05. The van der Waals surface area contributed by atoms with Crippen LogP contribution in [0.4, 0.5) is 0 Å². The monoisotopic (exact) mass is 280 g/mol. The highest BCUT2D eigenvalue weighted by Gasteiger charge is 2.42. The Morgan fingerprint density at radius 1 is 1.38 bits per heavy atom. The summed E-state index contributed by atoms with van der Waals surface area (Å²) in [6.45, 7) is 0. The molecule has 1 aliphatic rings. The Labute approximate surface area is 120 Å². The number of nitrogens with zero attached hydrogens (tertiary/aromatic N) is 1. The number of aromatic amines is 1. The molecule has 3 rings (SSSR count). The molecule has 2 aromatic rings. The number of fused-ring (bicyclic) bond motifs is 1. The van der Waals surface area contributed by atoms with Gasteiger partial charge in [0.05, 0.1) is 11.6 Å². The van der Waals surface area contributed by atoms with Crippen LogP contribution in [-0.2, 0) is 10.4 Å². The number of rotatable bonds is 2. The van der Waals surface area contributed by atoms with E-state index in [4.69, 9.17) is 5.26 Å². The zero-order valence-electron chi connectivity index (χ0n) is 10.9. The molecule has 0 fully saturated rings. The van der Waals surface area contributed by atoms with Gasteiger partial charge in [-0.25, -0.2) is 0 Å². The van der Waals surface area contributed by atoms with E-state index in [-0.39, 0.29) is 0 Å². The first-order valence-electron chi connectivity index (χ1n) is 6.39. The molecule has 1 aromatic carbocycles. The van der Waals surface area contributed by atoms with Crippen molar-refractivity contribution in [2.24, 2.45) is 5.92 Å². The standard InChI is InChI=1S/C16H12N2O3/c17-9-10-7-13(11-4-6-18-14(11)8-10)16(21)5-2-1-3-12(16)15(19)20/h1-8,12,18,21H,(H,19,20). The number of aliphatic hydroxyl groups is 1. The van der Waals surface area contributed by atoms with Crippen LogP contribution in [0.3, 0.4) is 0 Å². The van der Waals surface area contributed by atoms with Crippen molar-refractivity contribution in [3.8, 4) is 6.07 Å². The van der Waals surface area contributed by atoms with Crippen LogP contribution >= 0.6 is 0 Å². The Hall–Kier alpha value is -2.84. The van der Waals surface area contributed by atoms with Gasteiger partial charge < -0.3 is 15.2 Å². The van der Waals surface area contributed by atoms with Crippen LogP contribution in [0, 0.1) is 17.2 Å². The Balaban J connectivity index is 2.30. The molecule has 3 N–H and O–H groups in total. The van der Waals surface area contributed by atoms with Crippen LogP contribution in [0.5, 0.6) is 0 Å². The second kappa shape index (κ2) is 4.62. The first-order chi connectivity index (χ1) is 10.1. The van der Waals surface area contributed by atoms with Crippen molar-refractivity contribution in [3.63, 3.8) is 0 Å². The van der Waals surface area contributed by atoms with Crippen LogP contribution in [0.2, 0.25) is 0 Å². The van der Waals surface area contributed by atoms with Gasteiger partial charge in [0.15, 0.2) is 0 Å². The highest BCUT2D eigenvalue weighted by atomic mass is 16.4. The third kappa shape index (κ3) is 1.93. The van der Waals surface area contributed by atoms with E-state index in [0.717, 1.165) is 0 Å². The van der Waals surface area contributed by atoms with Crippen molar-refractivity contribution < 1.29 is 15.0 Å². The van der Waals surface area contributed by atoms with Gasteiger partial charge in [0.2, 0.25) is 0 Å². The minimum absolute atomic E-state index is 0.362. The van der Waals surface area contributed by atoms with Crippen LogP contribution in [0.1, 0.15) is 11.1 Å². The number of allylic oxidation sites excluding steroid dienone is 2. The van der Waals surface area contributed by atoms with Crippen molar-refractivity contribution in [2.75, 3.05) is 0 Å². The van der Waals surface area contributed by atoms with Gasteiger partial charge in [-0.3, -0.25) is 4.79 Å². The Bertz CT molecular complexity index is 826. The predicted molar refractivity (Wildman–Crippen MR) is 76.3 cm³/mol. The van der Waals surface area contributed by atoms with E-state index >= 15 is 0 Å². The van der Waals surface area contributed by atoms with Crippen molar-refractivity contribution in [1.29, 1.82) is 5.26 Å². The molecule has 5 heteroatoms. The molecule has 0 bridgehead atoms. The van der Waals surface area contributed by atoms with Gasteiger partial charge in [-0.15, -0.1) is 0 Å². The quantitative estimate of drug-likeness (QED) is 0.784. The van der Waals surface area contributed by atoms with E-state index in [1.54, 1.807) is 30.5 Å². The summed E-state index contributed by atoms with van der Waals surface area (Å²) in [5.41, 5.74) is -0.232. The first-order valence-corrected chi connectivity index (χ1v) is 6.39. The molecule has 0 saturated carbocycles. The van der Waals surface area contributed by atoms with Crippen molar-refractivity contribution in [2.45, 2.75) is 5.60 Å². The van der Waals surface area contributed by atoms with Gasteiger partial charge in [-0.1, -0.05) is 18.2 Å². The number of carbonyl (C=O) groups is 1. The molecule has 104 valence electrons. The lowest BCUT2D eigenvalue weighted by Gasteiger charge is -2.32.